The Labute approximate surface area is 131 Å². The molecule has 1 heterocycles. The molecule has 0 aliphatic heterocycles. The molecule has 2 aromatic rings. The second-order valence-electron chi connectivity index (χ2n) is 4.98. The largest absolute Gasteiger partial charge is 0.492 e. The maximum Gasteiger partial charge on any atom is 0.120 e. The highest BCUT2D eigenvalue weighted by Crippen LogP contribution is 2.17. The Morgan fingerprint density at radius 1 is 1.29 bits per heavy atom. The van der Waals surface area contributed by atoms with Crippen LogP contribution in [0.15, 0.2) is 48.8 Å². The molecule has 0 bridgehead atoms. The van der Waals surface area contributed by atoms with Gasteiger partial charge in [0.2, 0.25) is 0 Å². The van der Waals surface area contributed by atoms with Crippen LogP contribution in [-0.4, -0.2) is 24.2 Å². The maximum absolute atomic E-state index is 5.97. The van der Waals surface area contributed by atoms with E-state index in [1.807, 2.05) is 36.5 Å². The zero-order valence-electron chi connectivity index (χ0n) is 12.3. The van der Waals surface area contributed by atoms with E-state index >= 15 is 0 Å². The van der Waals surface area contributed by atoms with Gasteiger partial charge in [-0.2, -0.15) is 0 Å². The average molecular weight is 305 g/mol. The molecule has 1 N–H and O–H groups in total. The number of aromatic nitrogens is 1. The molecule has 1 atom stereocenters. The van der Waals surface area contributed by atoms with Crippen molar-refractivity contribution in [1.29, 1.82) is 0 Å². The maximum atomic E-state index is 5.97. The highest BCUT2D eigenvalue weighted by Gasteiger charge is 2.10. The fourth-order valence-corrected chi connectivity index (χ4v) is 2.28. The van der Waals surface area contributed by atoms with Crippen molar-refractivity contribution in [3.05, 3.63) is 59.4 Å². The van der Waals surface area contributed by atoms with E-state index in [1.54, 1.807) is 6.20 Å². The monoisotopic (exact) mass is 304 g/mol. The Morgan fingerprint density at radius 3 is 2.90 bits per heavy atom. The van der Waals surface area contributed by atoms with Gasteiger partial charge in [0, 0.05) is 23.5 Å². The molecule has 2 rings (SSSR count). The molecule has 0 spiro atoms. The van der Waals surface area contributed by atoms with Gasteiger partial charge in [0.1, 0.15) is 12.4 Å². The van der Waals surface area contributed by atoms with Crippen LogP contribution in [0.1, 0.15) is 18.9 Å². The third-order valence-corrected chi connectivity index (χ3v) is 3.37. The highest BCUT2D eigenvalue weighted by atomic mass is 35.5. The zero-order valence-corrected chi connectivity index (χ0v) is 13.0. The van der Waals surface area contributed by atoms with Crippen molar-refractivity contribution in [2.45, 2.75) is 25.8 Å². The molecule has 112 valence electrons. The van der Waals surface area contributed by atoms with Crippen molar-refractivity contribution in [3.8, 4) is 5.75 Å². The van der Waals surface area contributed by atoms with Gasteiger partial charge in [-0.05, 0) is 49.2 Å². The molecular weight excluding hydrogens is 284 g/mol. The lowest BCUT2D eigenvalue weighted by molar-refractivity contribution is 0.263. The number of nitrogens with one attached hydrogen (secondary N) is 1. The zero-order chi connectivity index (χ0) is 14.9. The number of pyridine rings is 1. The number of hydrogen-bond donors (Lipinski definition) is 1. The van der Waals surface area contributed by atoms with Crippen LogP contribution in [0.5, 0.6) is 5.75 Å². The van der Waals surface area contributed by atoms with Crippen LogP contribution in [-0.2, 0) is 6.42 Å². The van der Waals surface area contributed by atoms with Gasteiger partial charge in [-0.25, -0.2) is 0 Å². The number of benzene rings is 1. The molecule has 0 fully saturated rings. The van der Waals surface area contributed by atoms with E-state index in [2.05, 4.69) is 23.3 Å². The molecule has 21 heavy (non-hydrogen) atoms. The molecule has 0 saturated heterocycles. The third-order valence-electron chi connectivity index (χ3n) is 3.14. The van der Waals surface area contributed by atoms with Gasteiger partial charge in [-0.15, -0.1) is 0 Å². The van der Waals surface area contributed by atoms with E-state index in [4.69, 9.17) is 16.3 Å². The quantitative estimate of drug-likeness (QED) is 0.807. The number of ether oxygens (including phenoxy) is 1. The normalized spacial score (nSPS) is 12.1. The van der Waals surface area contributed by atoms with Gasteiger partial charge < -0.3 is 10.1 Å². The Balaban J connectivity index is 1.92. The first-order valence-electron chi connectivity index (χ1n) is 7.28. The van der Waals surface area contributed by atoms with Crippen LogP contribution < -0.4 is 10.1 Å². The summed E-state index contributed by atoms with van der Waals surface area (Å²) < 4.78 is 5.85. The van der Waals surface area contributed by atoms with Crippen molar-refractivity contribution < 1.29 is 4.74 Å². The summed E-state index contributed by atoms with van der Waals surface area (Å²) in [6, 6.07) is 11.8. The Morgan fingerprint density at radius 2 is 2.19 bits per heavy atom. The van der Waals surface area contributed by atoms with E-state index in [-0.39, 0.29) is 6.04 Å². The molecule has 0 amide bonds. The molecule has 4 heteroatoms. The van der Waals surface area contributed by atoms with E-state index in [0.717, 1.165) is 25.1 Å². The SMILES string of the molecule is CCCNC(COc1cccc(Cl)c1)Cc1cccnc1. The number of nitrogens with zero attached hydrogens (tertiary/aromatic N) is 1. The minimum absolute atomic E-state index is 0.258. The van der Waals surface area contributed by atoms with E-state index in [9.17, 15) is 0 Å². The summed E-state index contributed by atoms with van der Waals surface area (Å²) in [4.78, 5) is 4.16. The average Bonchev–Trinajstić information content (AvgIpc) is 2.51. The van der Waals surface area contributed by atoms with Gasteiger partial charge in [0.15, 0.2) is 0 Å². The van der Waals surface area contributed by atoms with Crippen molar-refractivity contribution in [2.75, 3.05) is 13.2 Å². The van der Waals surface area contributed by atoms with E-state index in [0.29, 0.717) is 11.6 Å². The predicted molar refractivity (Wildman–Crippen MR) is 87.0 cm³/mol. The van der Waals surface area contributed by atoms with Crippen molar-refractivity contribution in [2.24, 2.45) is 0 Å². The van der Waals surface area contributed by atoms with Crippen LogP contribution in [0.2, 0.25) is 5.02 Å². The smallest absolute Gasteiger partial charge is 0.120 e. The van der Waals surface area contributed by atoms with Crippen LogP contribution in [0, 0.1) is 0 Å². The van der Waals surface area contributed by atoms with Gasteiger partial charge in [0.25, 0.3) is 0 Å². The fraction of sp³-hybridized carbons (Fsp3) is 0.353. The topological polar surface area (TPSA) is 34.1 Å². The summed E-state index contributed by atoms with van der Waals surface area (Å²) in [5.74, 6) is 0.803. The van der Waals surface area contributed by atoms with Crippen molar-refractivity contribution in [1.82, 2.24) is 10.3 Å². The van der Waals surface area contributed by atoms with Crippen LogP contribution in [0.3, 0.4) is 0 Å². The second-order valence-corrected chi connectivity index (χ2v) is 5.42. The standard InChI is InChI=1S/C17H21ClN2O/c1-2-8-20-16(10-14-5-4-9-19-12-14)13-21-17-7-3-6-15(18)11-17/h3-7,9,11-12,16,20H,2,8,10,13H2,1H3. The summed E-state index contributed by atoms with van der Waals surface area (Å²) in [5.41, 5.74) is 1.21. The van der Waals surface area contributed by atoms with Crippen molar-refractivity contribution >= 4 is 11.6 Å². The highest BCUT2D eigenvalue weighted by molar-refractivity contribution is 6.30. The molecule has 0 saturated carbocycles. The summed E-state index contributed by atoms with van der Waals surface area (Å²) in [5, 5.41) is 4.21. The fourth-order valence-electron chi connectivity index (χ4n) is 2.10. The first kappa shape index (κ1) is 15.8. The molecule has 0 aliphatic rings. The van der Waals surface area contributed by atoms with E-state index in [1.165, 1.54) is 5.56 Å². The molecule has 0 radical (unpaired) electrons. The molecule has 1 aromatic carbocycles. The lowest BCUT2D eigenvalue weighted by Gasteiger charge is -2.19. The number of rotatable bonds is 8. The Hall–Kier alpha value is -1.58. The van der Waals surface area contributed by atoms with Crippen LogP contribution >= 0.6 is 11.6 Å². The first-order chi connectivity index (χ1) is 10.3. The lowest BCUT2D eigenvalue weighted by atomic mass is 10.1. The first-order valence-corrected chi connectivity index (χ1v) is 7.66. The van der Waals surface area contributed by atoms with Crippen LogP contribution in [0.25, 0.3) is 0 Å². The number of hydrogen-bond acceptors (Lipinski definition) is 3. The van der Waals surface area contributed by atoms with Crippen LogP contribution in [0.4, 0.5) is 0 Å². The summed E-state index contributed by atoms with van der Waals surface area (Å²) >= 11 is 5.97. The van der Waals surface area contributed by atoms with Gasteiger partial charge in [-0.1, -0.05) is 30.7 Å². The van der Waals surface area contributed by atoms with Gasteiger partial charge in [0.05, 0.1) is 0 Å². The molecule has 1 aromatic heterocycles. The molecule has 0 aliphatic carbocycles. The molecule has 3 nitrogen and oxygen atoms in total. The third kappa shape index (κ3) is 5.74. The second kappa shape index (κ2) is 8.65. The Bertz CT molecular complexity index is 533. The lowest BCUT2D eigenvalue weighted by Crippen LogP contribution is -2.37. The molecular formula is C17H21ClN2O. The minimum atomic E-state index is 0.258. The summed E-state index contributed by atoms with van der Waals surface area (Å²) in [7, 11) is 0. The Kier molecular flexibility index (Phi) is 6.51. The number of halogens is 1. The minimum Gasteiger partial charge on any atom is -0.492 e. The molecule has 1 unspecified atom stereocenters. The van der Waals surface area contributed by atoms with Gasteiger partial charge in [-0.3, -0.25) is 4.98 Å². The van der Waals surface area contributed by atoms with Crippen molar-refractivity contribution in [3.63, 3.8) is 0 Å². The summed E-state index contributed by atoms with van der Waals surface area (Å²) in [6.45, 7) is 3.74. The summed E-state index contributed by atoms with van der Waals surface area (Å²) in [6.07, 6.45) is 5.69. The predicted octanol–water partition coefficient (Wildman–Crippen LogP) is 3.72. The van der Waals surface area contributed by atoms with E-state index < -0.39 is 0 Å². The van der Waals surface area contributed by atoms with Gasteiger partial charge >= 0.3 is 0 Å².